The van der Waals surface area contributed by atoms with Gasteiger partial charge in [-0.2, -0.15) is 0 Å². The molecule has 0 aromatic heterocycles. The van der Waals surface area contributed by atoms with Crippen molar-refractivity contribution in [2.75, 3.05) is 20.1 Å². The van der Waals surface area contributed by atoms with Gasteiger partial charge in [-0.1, -0.05) is 6.07 Å². The van der Waals surface area contributed by atoms with Crippen molar-refractivity contribution in [1.29, 1.82) is 0 Å². The fourth-order valence-corrected chi connectivity index (χ4v) is 2.89. The van der Waals surface area contributed by atoms with Crippen LogP contribution in [0.1, 0.15) is 31.2 Å². The molecule has 1 unspecified atom stereocenters. The number of likely N-dealkylation sites (N-methyl/N-ethyl adjacent to an activating group) is 1. The van der Waals surface area contributed by atoms with E-state index in [1.165, 1.54) is 6.07 Å². The summed E-state index contributed by atoms with van der Waals surface area (Å²) in [6, 6.07) is 4.21. The Morgan fingerprint density at radius 2 is 2.19 bits per heavy atom. The molecule has 1 heterocycles. The largest absolute Gasteiger partial charge is 0.338 e. The van der Waals surface area contributed by atoms with E-state index in [0.29, 0.717) is 25.3 Å². The number of benzene rings is 1. The van der Waals surface area contributed by atoms with Crippen molar-refractivity contribution in [3.8, 4) is 0 Å². The topological polar surface area (TPSA) is 32.3 Å². The molecular formula is C16H22F2N2O. The van der Waals surface area contributed by atoms with Crippen LogP contribution in [0.2, 0.25) is 0 Å². The third-order valence-corrected chi connectivity index (χ3v) is 3.98. The zero-order valence-electron chi connectivity index (χ0n) is 12.4. The van der Waals surface area contributed by atoms with Gasteiger partial charge in [0.25, 0.3) is 0 Å². The van der Waals surface area contributed by atoms with E-state index in [1.54, 1.807) is 6.07 Å². The zero-order chi connectivity index (χ0) is 15.2. The molecule has 0 spiro atoms. The summed E-state index contributed by atoms with van der Waals surface area (Å²) in [6.07, 6.45) is 3.82. The summed E-state index contributed by atoms with van der Waals surface area (Å²) in [4.78, 5) is 14.2. The Morgan fingerprint density at radius 3 is 2.90 bits per heavy atom. The second-order valence-corrected chi connectivity index (χ2v) is 5.54. The van der Waals surface area contributed by atoms with Crippen LogP contribution in [-0.2, 0) is 11.2 Å². The van der Waals surface area contributed by atoms with Crippen molar-refractivity contribution in [3.63, 3.8) is 0 Å². The van der Waals surface area contributed by atoms with Gasteiger partial charge in [0.1, 0.15) is 0 Å². The number of carbonyl (C=O) groups excluding carboxylic acids is 1. The molecule has 1 aromatic carbocycles. The summed E-state index contributed by atoms with van der Waals surface area (Å²) < 4.78 is 25.9. The summed E-state index contributed by atoms with van der Waals surface area (Å²) in [5.41, 5.74) is 0.731. The van der Waals surface area contributed by atoms with E-state index in [-0.39, 0.29) is 5.91 Å². The van der Waals surface area contributed by atoms with Gasteiger partial charge in [0.2, 0.25) is 5.91 Å². The first kappa shape index (κ1) is 15.9. The van der Waals surface area contributed by atoms with Gasteiger partial charge >= 0.3 is 0 Å². The molecular weight excluding hydrogens is 274 g/mol. The van der Waals surface area contributed by atoms with Gasteiger partial charge in [0.15, 0.2) is 11.6 Å². The summed E-state index contributed by atoms with van der Waals surface area (Å²) >= 11 is 0. The Balaban J connectivity index is 1.79. The normalized spacial score (nSPS) is 18.2. The molecule has 116 valence electrons. The van der Waals surface area contributed by atoms with Crippen molar-refractivity contribution in [2.24, 2.45) is 0 Å². The molecule has 2 rings (SSSR count). The molecule has 0 bridgehead atoms. The maximum atomic E-state index is 13.1. The molecule has 1 atom stereocenters. The molecule has 0 radical (unpaired) electrons. The average Bonchev–Trinajstić information content (AvgIpc) is 2.91. The number of aryl methyl sites for hydroxylation is 1. The third kappa shape index (κ3) is 4.24. The van der Waals surface area contributed by atoms with Crippen molar-refractivity contribution in [1.82, 2.24) is 10.2 Å². The lowest BCUT2D eigenvalue weighted by Crippen LogP contribution is -2.40. The first-order valence-corrected chi connectivity index (χ1v) is 7.50. The monoisotopic (exact) mass is 296 g/mol. The molecule has 1 aliphatic heterocycles. The smallest absolute Gasteiger partial charge is 0.222 e. The van der Waals surface area contributed by atoms with Gasteiger partial charge in [0.05, 0.1) is 0 Å². The van der Waals surface area contributed by atoms with Crippen LogP contribution in [0.15, 0.2) is 18.2 Å². The van der Waals surface area contributed by atoms with Crippen molar-refractivity contribution in [2.45, 2.75) is 38.1 Å². The second kappa shape index (κ2) is 7.50. The van der Waals surface area contributed by atoms with Crippen LogP contribution >= 0.6 is 0 Å². The van der Waals surface area contributed by atoms with Crippen LogP contribution in [0, 0.1) is 11.6 Å². The molecule has 1 aliphatic rings. The van der Waals surface area contributed by atoms with Gasteiger partial charge < -0.3 is 10.2 Å². The number of hydrogen-bond acceptors (Lipinski definition) is 2. The second-order valence-electron chi connectivity index (χ2n) is 5.54. The number of rotatable bonds is 6. The number of amides is 1. The van der Waals surface area contributed by atoms with Crippen molar-refractivity contribution < 1.29 is 13.6 Å². The predicted octanol–water partition coefficient (Wildman–Crippen LogP) is 2.50. The number of nitrogens with one attached hydrogen (secondary N) is 1. The van der Waals surface area contributed by atoms with Gasteiger partial charge in [0, 0.05) is 25.6 Å². The maximum absolute atomic E-state index is 13.1. The number of carbonyl (C=O) groups is 1. The maximum Gasteiger partial charge on any atom is 0.222 e. The molecule has 1 amide bonds. The third-order valence-electron chi connectivity index (χ3n) is 3.98. The summed E-state index contributed by atoms with van der Waals surface area (Å²) in [5, 5.41) is 3.12. The Kier molecular flexibility index (Phi) is 5.67. The van der Waals surface area contributed by atoms with Crippen LogP contribution in [0.25, 0.3) is 0 Å². The van der Waals surface area contributed by atoms with Gasteiger partial charge in [-0.15, -0.1) is 0 Å². The van der Waals surface area contributed by atoms with Crippen LogP contribution < -0.4 is 5.32 Å². The number of halogens is 2. The highest BCUT2D eigenvalue weighted by molar-refractivity contribution is 5.76. The average molecular weight is 296 g/mol. The Hall–Kier alpha value is -1.49. The molecule has 0 aliphatic carbocycles. The van der Waals surface area contributed by atoms with E-state index < -0.39 is 11.6 Å². The van der Waals surface area contributed by atoms with E-state index in [9.17, 15) is 13.6 Å². The molecule has 5 heteroatoms. The first-order valence-electron chi connectivity index (χ1n) is 7.50. The fourth-order valence-electron chi connectivity index (χ4n) is 2.89. The van der Waals surface area contributed by atoms with E-state index in [2.05, 4.69) is 5.32 Å². The van der Waals surface area contributed by atoms with E-state index >= 15 is 0 Å². The van der Waals surface area contributed by atoms with Crippen LogP contribution in [-0.4, -0.2) is 37.0 Å². The molecule has 1 fully saturated rings. The first-order chi connectivity index (χ1) is 10.1. The summed E-state index contributed by atoms with van der Waals surface area (Å²) in [5.74, 6) is -1.50. The van der Waals surface area contributed by atoms with Crippen molar-refractivity contribution in [3.05, 3.63) is 35.4 Å². The van der Waals surface area contributed by atoms with E-state index in [0.717, 1.165) is 37.6 Å². The highest BCUT2D eigenvalue weighted by Crippen LogP contribution is 2.19. The molecule has 1 N–H and O–H groups in total. The van der Waals surface area contributed by atoms with Gasteiger partial charge in [-0.3, -0.25) is 4.79 Å². The summed E-state index contributed by atoms with van der Waals surface area (Å²) in [7, 11) is 1.89. The minimum absolute atomic E-state index is 0.162. The lowest BCUT2D eigenvalue weighted by Gasteiger charge is -2.24. The van der Waals surface area contributed by atoms with E-state index in [1.807, 2.05) is 11.9 Å². The minimum Gasteiger partial charge on any atom is -0.338 e. The quantitative estimate of drug-likeness (QED) is 0.875. The van der Waals surface area contributed by atoms with Crippen molar-refractivity contribution >= 4 is 5.91 Å². The van der Waals surface area contributed by atoms with E-state index in [4.69, 9.17) is 0 Å². The Bertz CT molecular complexity index is 493. The molecule has 1 aromatic rings. The minimum atomic E-state index is -0.832. The van der Waals surface area contributed by atoms with Gasteiger partial charge in [-0.05, 0) is 50.4 Å². The lowest BCUT2D eigenvalue weighted by atomic mass is 10.1. The number of hydrogen-bond donors (Lipinski definition) is 1. The fraction of sp³-hybridized carbons (Fsp3) is 0.562. The standard InChI is InChI=1S/C16H22F2N2O/c1-19-11-13-5-3-9-20(13)16(21)6-2-4-12-7-8-14(17)15(18)10-12/h7-8,10,13,19H,2-6,9,11H2,1H3. The highest BCUT2D eigenvalue weighted by atomic mass is 19.2. The molecule has 21 heavy (non-hydrogen) atoms. The number of nitrogens with zero attached hydrogens (tertiary/aromatic N) is 1. The van der Waals surface area contributed by atoms with Crippen LogP contribution in [0.5, 0.6) is 0 Å². The van der Waals surface area contributed by atoms with Gasteiger partial charge in [-0.25, -0.2) is 8.78 Å². The SMILES string of the molecule is CNCC1CCCN1C(=O)CCCc1ccc(F)c(F)c1. The Labute approximate surface area is 124 Å². The van der Waals surface area contributed by atoms with Crippen LogP contribution in [0.3, 0.4) is 0 Å². The number of likely N-dealkylation sites (tertiary alicyclic amines) is 1. The summed E-state index contributed by atoms with van der Waals surface area (Å²) in [6.45, 7) is 1.66. The molecule has 1 saturated heterocycles. The van der Waals surface area contributed by atoms with Crippen LogP contribution in [0.4, 0.5) is 8.78 Å². The highest BCUT2D eigenvalue weighted by Gasteiger charge is 2.27. The molecule has 0 saturated carbocycles. The zero-order valence-corrected chi connectivity index (χ0v) is 12.4. The predicted molar refractivity (Wildman–Crippen MR) is 78.0 cm³/mol. The Morgan fingerprint density at radius 1 is 1.38 bits per heavy atom. The lowest BCUT2D eigenvalue weighted by molar-refractivity contribution is -0.132. The molecule has 3 nitrogen and oxygen atoms in total.